The molecule has 2 amide bonds. The van der Waals surface area contributed by atoms with Crippen LogP contribution in [0.25, 0.3) is 0 Å². The highest BCUT2D eigenvalue weighted by Crippen LogP contribution is 2.06. The Labute approximate surface area is 101 Å². The van der Waals surface area contributed by atoms with Crippen LogP contribution >= 0.6 is 0 Å². The van der Waals surface area contributed by atoms with E-state index in [0.29, 0.717) is 5.56 Å². The molecule has 0 aromatic heterocycles. The molecule has 90 valence electrons. The van der Waals surface area contributed by atoms with Gasteiger partial charge in [0.1, 0.15) is 0 Å². The van der Waals surface area contributed by atoms with Crippen molar-refractivity contribution in [3.05, 3.63) is 35.9 Å². The molecule has 0 radical (unpaired) electrons. The summed E-state index contributed by atoms with van der Waals surface area (Å²) < 4.78 is 0. The highest BCUT2D eigenvalue weighted by atomic mass is 16.2. The highest BCUT2D eigenvalue weighted by Gasteiger charge is 2.18. The zero-order chi connectivity index (χ0) is 12.1. The lowest BCUT2D eigenvalue weighted by molar-refractivity contribution is -0.129. The lowest BCUT2D eigenvalue weighted by Crippen LogP contribution is -2.38. The van der Waals surface area contributed by atoms with Crippen LogP contribution in [0.5, 0.6) is 0 Å². The van der Waals surface area contributed by atoms with Crippen LogP contribution in [-0.2, 0) is 4.79 Å². The van der Waals surface area contributed by atoms with E-state index in [4.69, 9.17) is 0 Å². The summed E-state index contributed by atoms with van der Waals surface area (Å²) in [5.74, 6) is -0.190. The van der Waals surface area contributed by atoms with Crippen molar-refractivity contribution in [3.63, 3.8) is 0 Å². The Kier molecular flexibility index (Phi) is 3.75. The first kappa shape index (κ1) is 11.6. The number of hydrogen-bond acceptors (Lipinski definition) is 2. The molecule has 1 aliphatic rings. The first-order valence-corrected chi connectivity index (χ1v) is 5.88. The van der Waals surface area contributed by atoms with Crippen molar-refractivity contribution in [1.29, 1.82) is 0 Å². The molecule has 4 heteroatoms. The van der Waals surface area contributed by atoms with E-state index in [1.54, 1.807) is 29.2 Å². The monoisotopic (exact) mass is 232 g/mol. The molecule has 1 aromatic carbocycles. The van der Waals surface area contributed by atoms with Crippen LogP contribution < -0.4 is 5.32 Å². The zero-order valence-electron chi connectivity index (χ0n) is 9.69. The zero-order valence-corrected chi connectivity index (χ0v) is 9.69. The maximum atomic E-state index is 11.7. The van der Waals surface area contributed by atoms with Gasteiger partial charge in [0.25, 0.3) is 5.91 Å². The maximum Gasteiger partial charge on any atom is 0.251 e. The van der Waals surface area contributed by atoms with Gasteiger partial charge in [0.15, 0.2) is 0 Å². The third-order valence-electron chi connectivity index (χ3n) is 2.89. The average molecular weight is 232 g/mol. The van der Waals surface area contributed by atoms with Gasteiger partial charge in [0, 0.05) is 18.7 Å². The minimum absolute atomic E-state index is 0.00628. The summed E-state index contributed by atoms with van der Waals surface area (Å²) in [5, 5.41) is 2.65. The standard InChI is InChI=1S/C13H16N2O2/c16-12(15-8-4-5-9-15)10-14-13(17)11-6-2-1-3-7-11/h1-3,6-7H,4-5,8-10H2,(H,14,17). The van der Waals surface area contributed by atoms with E-state index in [1.807, 2.05) is 6.07 Å². The van der Waals surface area contributed by atoms with Gasteiger partial charge in [-0.05, 0) is 25.0 Å². The van der Waals surface area contributed by atoms with Crippen LogP contribution in [0.15, 0.2) is 30.3 Å². The van der Waals surface area contributed by atoms with Gasteiger partial charge in [-0.2, -0.15) is 0 Å². The van der Waals surface area contributed by atoms with Crippen molar-refractivity contribution >= 4 is 11.8 Å². The molecule has 4 nitrogen and oxygen atoms in total. The van der Waals surface area contributed by atoms with Crippen LogP contribution in [0.3, 0.4) is 0 Å². The van der Waals surface area contributed by atoms with Gasteiger partial charge in [0.05, 0.1) is 6.54 Å². The third-order valence-corrected chi connectivity index (χ3v) is 2.89. The summed E-state index contributed by atoms with van der Waals surface area (Å²) in [5.41, 5.74) is 0.585. The van der Waals surface area contributed by atoms with Crippen LogP contribution in [0, 0.1) is 0 Å². The summed E-state index contributed by atoms with van der Waals surface area (Å²) in [6, 6.07) is 8.92. The van der Waals surface area contributed by atoms with Gasteiger partial charge < -0.3 is 10.2 Å². The van der Waals surface area contributed by atoms with Crippen molar-refractivity contribution < 1.29 is 9.59 Å². The van der Waals surface area contributed by atoms with Crippen molar-refractivity contribution in [3.8, 4) is 0 Å². The van der Waals surface area contributed by atoms with Crippen LogP contribution in [0.2, 0.25) is 0 Å². The quantitative estimate of drug-likeness (QED) is 0.846. The molecule has 0 bridgehead atoms. The lowest BCUT2D eigenvalue weighted by atomic mass is 10.2. The number of rotatable bonds is 3. The van der Waals surface area contributed by atoms with Crippen LogP contribution in [-0.4, -0.2) is 36.3 Å². The number of carbonyl (C=O) groups is 2. The molecule has 17 heavy (non-hydrogen) atoms. The van der Waals surface area contributed by atoms with E-state index in [-0.39, 0.29) is 18.4 Å². The van der Waals surface area contributed by atoms with Crippen molar-refractivity contribution in [2.75, 3.05) is 19.6 Å². The third kappa shape index (κ3) is 3.06. The first-order valence-electron chi connectivity index (χ1n) is 5.88. The topological polar surface area (TPSA) is 49.4 Å². The molecule has 1 saturated heterocycles. The van der Waals surface area contributed by atoms with Gasteiger partial charge in [-0.1, -0.05) is 18.2 Å². The molecule has 1 N–H and O–H groups in total. The molecule has 1 aromatic rings. The molecular weight excluding hydrogens is 216 g/mol. The molecule has 0 saturated carbocycles. The van der Waals surface area contributed by atoms with Gasteiger partial charge in [0.2, 0.25) is 5.91 Å². The molecular formula is C13H16N2O2. The Morgan fingerprint density at radius 3 is 2.41 bits per heavy atom. The predicted molar refractivity (Wildman–Crippen MR) is 64.6 cm³/mol. The Morgan fingerprint density at radius 1 is 1.12 bits per heavy atom. The molecule has 1 aliphatic heterocycles. The highest BCUT2D eigenvalue weighted by molar-refractivity contribution is 5.96. The fourth-order valence-corrected chi connectivity index (χ4v) is 1.93. The number of carbonyl (C=O) groups excluding carboxylic acids is 2. The number of nitrogens with one attached hydrogen (secondary N) is 1. The second-order valence-corrected chi connectivity index (χ2v) is 4.14. The minimum Gasteiger partial charge on any atom is -0.343 e. The van der Waals surface area contributed by atoms with Gasteiger partial charge >= 0.3 is 0 Å². The average Bonchev–Trinajstić information content (AvgIpc) is 2.90. The van der Waals surface area contributed by atoms with Crippen LogP contribution in [0.1, 0.15) is 23.2 Å². The largest absolute Gasteiger partial charge is 0.343 e. The number of benzene rings is 1. The van der Waals surface area contributed by atoms with Crippen molar-refractivity contribution in [1.82, 2.24) is 10.2 Å². The van der Waals surface area contributed by atoms with E-state index < -0.39 is 0 Å². The van der Waals surface area contributed by atoms with E-state index in [2.05, 4.69) is 5.32 Å². The van der Waals surface area contributed by atoms with E-state index >= 15 is 0 Å². The number of nitrogens with zero attached hydrogens (tertiary/aromatic N) is 1. The molecule has 0 atom stereocenters. The molecule has 2 rings (SSSR count). The summed E-state index contributed by atoms with van der Waals surface area (Å²) >= 11 is 0. The minimum atomic E-state index is -0.196. The SMILES string of the molecule is O=C(NCC(=O)N1CCCC1)c1ccccc1. The summed E-state index contributed by atoms with van der Waals surface area (Å²) in [4.78, 5) is 25.2. The molecule has 0 aliphatic carbocycles. The Bertz CT molecular complexity index is 397. The van der Waals surface area contributed by atoms with Crippen LogP contribution in [0.4, 0.5) is 0 Å². The first-order chi connectivity index (χ1) is 8.27. The maximum absolute atomic E-state index is 11.7. The lowest BCUT2D eigenvalue weighted by Gasteiger charge is -2.15. The van der Waals surface area contributed by atoms with Crippen molar-refractivity contribution in [2.45, 2.75) is 12.8 Å². The Balaban J connectivity index is 1.82. The Morgan fingerprint density at radius 2 is 1.76 bits per heavy atom. The normalized spacial score (nSPS) is 14.7. The molecule has 1 fully saturated rings. The summed E-state index contributed by atoms with van der Waals surface area (Å²) in [7, 11) is 0. The molecule has 0 unspecified atom stereocenters. The Hall–Kier alpha value is -1.84. The second-order valence-electron chi connectivity index (χ2n) is 4.14. The number of likely N-dealkylation sites (tertiary alicyclic amines) is 1. The van der Waals surface area contributed by atoms with Gasteiger partial charge in [-0.3, -0.25) is 9.59 Å². The fraction of sp³-hybridized carbons (Fsp3) is 0.385. The van der Waals surface area contributed by atoms with Gasteiger partial charge in [-0.15, -0.1) is 0 Å². The molecule has 0 spiro atoms. The van der Waals surface area contributed by atoms with Gasteiger partial charge in [-0.25, -0.2) is 0 Å². The van der Waals surface area contributed by atoms with E-state index in [1.165, 1.54) is 0 Å². The number of amides is 2. The summed E-state index contributed by atoms with van der Waals surface area (Å²) in [6.45, 7) is 1.73. The summed E-state index contributed by atoms with van der Waals surface area (Å²) in [6.07, 6.45) is 2.14. The number of hydrogen-bond donors (Lipinski definition) is 1. The second kappa shape index (κ2) is 5.48. The van der Waals surface area contributed by atoms with E-state index in [0.717, 1.165) is 25.9 Å². The fourth-order valence-electron chi connectivity index (χ4n) is 1.93. The molecule has 1 heterocycles. The van der Waals surface area contributed by atoms with Crippen molar-refractivity contribution in [2.24, 2.45) is 0 Å². The van der Waals surface area contributed by atoms with E-state index in [9.17, 15) is 9.59 Å². The smallest absolute Gasteiger partial charge is 0.251 e. The predicted octanol–water partition coefficient (Wildman–Crippen LogP) is 1.04.